The summed E-state index contributed by atoms with van der Waals surface area (Å²) in [5.74, 6) is 0.660. The normalized spacial score (nSPS) is 20.2. The first-order valence-electron chi connectivity index (χ1n) is 8.89. The van der Waals surface area contributed by atoms with Crippen molar-refractivity contribution in [1.29, 1.82) is 0 Å². The first-order chi connectivity index (χ1) is 12.3. The molecule has 0 spiro atoms. The van der Waals surface area contributed by atoms with Gasteiger partial charge in [-0.2, -0.15) is 0 Å². The van der Waals surface area contributed by atoms with E-state index < -0.39 is 13.0 Å². The number of benzene rings is 1. The lowest BCUT2D eigenvalue weighted by Gasteiger charge is -2.31. The molecule has 1 heterocycles. The molecule has 2 amide bonds. The van der Waals surface area contributed by atoms with E-state index in [1.165, 1.54) is 0 Å². The first-order valence-corrected chi connectivity index (χ1v) is 8.89. The van der Waals surface area contributed by atoms with E-state index in [2.05, 4.69) is 31.4 Å². The number of nitrogens with one attached hydrogen (secondary N) is 2. The largest absolute Gasteiger partial charge is 0.488 e. The molecule has 2 N–H and O–H groups in total. The van der Waals surface area contributed by atoms with Crippen LogP contribution in [0.25, 0.3) is 0 Å². The summed E-state index contributed by atoms with van der Waals surface area (Å²) in [5.41, 5.74) is 0.821. The third kappa shape index (κ3) is 6.44. The Balaban J connectivity index is 1.76. The minimum Gasteiger partial charge on any atom is -0.488 e. The number of ether oxygens (including phenoxy) is 2. The zero-order chi connectivity index (χ0) is 19.2. The van der Waals surface area contributed by atoms with Gasteiger partial charge < -0.3 is 20.1 Å². The SMILES string of the molecule is CC(C)(C)[C@H]1OCC[C@@H]1CNC(=O)NCc1cccc(OCC(F)F)c1. The fraction of sp³-hybridized carbons (Fsp3) is 0.632. The third-order valence-electron chi connectivity index (χ3n) is 4.32. The molecule has 1 fully saturated rings. The van der Waals surface area contributed by atoms with Gasteiger partial charge in [0.25, 0.3) is 6.43 Å². The van der Waals surface area contributed by atoms with Crippen LogP contribution in [0.2, 0.25) is 0 Å². The van der Waals surface area contributed by atoms with Crippen LogP contribution in [0.15, 0.2) is 24.3 Å². The Morgan fingerprint density at radius 3 is 2.81 bits per heavy atom. The summed E-state index contributed by atoms with van der Waals surface area (Å²) in [6.07, 6.45) is -1.45. The number of carbonyl (C=O) groups excluding carboxylic acids is 1. The van der Waals surface area contributed by atoms with E-state index in [1.54, 1.807) is 24.3 Å². The van der Waals surface area contributed by atoms with Crippen molar-refractivity contribution in [3.05, 3.63) is 29.8 Å². The number of hydrogen-bond acceptors (Lipinski definition) is 3. The molecule has 0 aliphatic carbocycles. The van der Waals surface area contributed by atoms with Gasteiger partial charge in [0.1, 0.15) is 12.4 Å². The average molecular weight is 370 g/mol. The van der Waals surface area contributed by atoms with Crippen molar-refractivity contribution in [3.8, 4) is 5.75 Å². The first kappa shape index (κ1) is 20.4. The van der Waals surface area contributed by atoms with Crippen LogP contribution >= 0.6 is 0 Å². The van der Waals surface area contributed by atoms with E-state index in [1.807, 2.05) is 0 Å². The summed E-state index contributed by atoms with van der Waals surface area (Å²) in [7, 11) is 0. The average Bonchev–Trinajstić information content (AvgIpc) is 3.05. The molecule has 2 rings (SSSR count). The summed E-state index contributed by atoms with van der Waals surface area (Å²) < 4.78 is 35.2. The molecular weight excluding hydrogens is 342 g/mol. The zero-order valence-corrected chi connectivity index (χ0v) is 15.6. The van der Waals surface area contributed by atoms with Gasteiger partial charge in [-0.25, -0.2) is 13.6 Å². The van der Waals surface area contributed by atoms with Crippen molar-refractivity contribution < 1.29 is 23.0 Å². The maximum Gasteiger partial charge on any atom is 0.315 e. The van der Waals surface area contributed by atoms with Crippen molar-refractivity contribution in [2.75, 3.05) is 19.8 Å². The molecule has 0 radical (unpaired) electrons. The maximum atomic E-state index is 12.2. The molecule has 1 aliphatic rings. The molecule has 26 heavy (non-hydrogen) atoms. The van der Waals surface area contributed by atoms with Crippen LogP contribution < -0.4 is 15.4 Å². The van der Waals surface area contributed by atoms with Gasteiger partial charge >= 0.3 is 6.03 Å². The number of alkyl halides is 2. The smallest absolute Gasteiger partial charge is 0.315 e. The summed E-state index contributed by atoms with van der Waals surface area (Å²) >= 11 is 0. The molecule has 0 unspecified atom stereocenters. The summed E-state index contributed by atoms with van der Waals surface area (Å²) in [4.78, 5) is 12.0. The summed E-state index contributed by atoms with van der Waals surface area (Å²) in [5, 5.41) is 5.67. The van der Waals surface area contributed by atoms with E-state index in [9.17, 15) is 13.6 Å². The Labute approximate surface area is 153 Å². The standard InChI is InChI=1S/C19H28F2N2O3/c1-19(2,3)17-14(7-8-25-17)11-23-18(24)22-10-13-5-4-6-15(9-13)26-12-16(20)21/h4-6,9,14,16-17H,7-8,10-12H2,1-3H3,(H2,22,23,24)/t14-,17+/m1/s1. The Morgan fingerprint density at radius 2 is 2.12 bits per heavy atom. The lowest BCUT2D eigenvalue weighted by atomic mass is 9.81. The van der Waals surface area contributed by atoms with Crippen LogP contribution in [-0.2, 0) is 11.3 Å². The van der Waals surface area contributed by atoms with Crippen molar-refractivity contribution >= 4 is 6.03 Å². The second-order valence-corrected chi connectivity index (χ2v) is 7.62. The molecular formula is C19H28F2N2O3. The van der Waals surface area contributed by atoms with Crippen molar-refractivity contribution in [1.82, 2.24) is 10.6 Å². The number of carbonyl (C=O) groups is 1. The minimum atomic E-state index is -2.51. The molecule has 0 bridgehead atoms. The zero-order valence-electron chi connectivity index (χ0n) is 15.6. The molecule has 1 aromatic carbocycles. The molecule has 2 atom stereocenters. The number of urea groups is 1. The fourth-order valence-electron chi connectivity index (χ4n) is 3.17. The Morgan fingerprint density at radius 1 is 1.35 bits per heavy atom. The lowest BCUT2D eigenvalue weighted by Crippen LogP contribution is -2.42. The Kier molecular flexibility index (Phi) is 7.20. The second kappa shape index (κ2) is 9.16. The number of hydrogen-bond donors (Lipinski definition) is 2. The Hall–Kier alpha value is -1.89. The molecule has 1 saturated heterocycles. The molecule has 7 heteroatoms. The summed E-state index contributed by atoms with van der Waals surface area (Å²) in [6.45, 7) is 7.35. The number of halogens is 2. The van der Waals surface area contributed by atoms with Gasteiger partial charge in [-0.1, -0.05) is 32.9 Å². The van der Waals surface area contributed by atoms with E-state index in [4.69, 9.17) is 9.47 Å². The number of rotatable bonds is 7. The monoisotopic (exact) mass is 370 g/mol. The van der Waals surface area contributed by atoms with E-state index in [-0.39, 0.29) is 17.6 Å². The highest BCUT2D eigenvalue weighted by molar-refractivity contribution is 5.73. The topological polar surface area (TPSA) is 59.6 Å². The van der Waals surface area contributed by atoms with Gasteiger partial charge in [0, 0.05) is 25.6 Å². The van der Waals surface area contributed by atoms with Gasteiger partial charge in [0.05, 0.1) is 6.10 Å². The number of amides is 2. The second-order valence-electron chi connectivity index (χ2n) is 7.62. The van der Waals surface area contributed by atoms with Gasteiger partial charge in [-0.15, -0.1) is 0 Å². The van der Waals surface area contributed by atoms with Crippen molar-refractivity contribution in [2.45, 2.75) is 46.3 Å². The quantitative estimate of drug-likeness (QED) is 0.771. The van der Waals surface area contributed by atoms with Crippen LogP contribution in [-0.4, -0.2) is 38.3 Å². The van der Waals surface area contributed by atoms with Crippen molar-refractivity contribution in [2.24, 2.45) is 11.3 Å². The molecule has 146 valence electrons. The maximum absolute atomic E-state index is 12.2. The highest BCUT2D eigenvalue weighted by Gasteiger charge is 2.37. The minimum absolute atomic E-state index is 0.0397. The van der Waals surface area contributed by atoms with Crippen molar-refractivity contribution in [3.63, 3.8) is 0 Å². The molecule has 5 nitrogen and oxygen atoms in total. The van der Waals surface area contributed by atoms with Gasteiger partial charge in [-0.05, 0) is 29.5 Å². The molecule has 1 aromatic rings. The van der Waals surface area contributed by atoms with Crippen LogP contribution in [0.5, 0.6) is 5.75 Å². The Bertz CT molecular complexity index is 590. The van der Waals surface area contributed by atoms with E-state index in [0.29, 0.717) is 24.8 Å². The van der Waals surface area contributed by atoms with Gasteiger partial charge in [0.15, 0.2) is 0 Å². The lowest BCUT2D eigenvalue weighted by molar-refractivity contribution is 0.00775. The summed E-state index contributed by atoms with van der Waals surface area (Å²) in [6, 6.07) is 6.50. The fourth-order valence-corrected chi connectivity index (χ4v) is 3.17. The molecule has 0 aromatic heterocycles. The highest BCUT2D eigenvalue weighted by Crippen LogP contribution is 2.34. The van der Waals surface area contributed by atoms with Crippen LogP contribution in [0.1, 0.15) is 32.8 Å². The molecule has 0 saturated carbocycles. The van der Waals surface area contributed by atoms with E-state index in [0.717, 1.165) is 18.6 Å². The van der Waals surface area contributed by atoms with Crippen LogP contribution in [0.3, 0.4) is 0 Å². The van der Waals surface area contributed by atoms with Gasteiger partial charge in [0.2, 0.25) is 0 Å². The van der Waals surface area contributed by atoms with Gasteiger partial charge in [-0.3, -0.25) is 0 Å². The van der Waals surface area contributed by atoms with Crippen LogP contribution in [0, 0.1) is 11.3 Å². The molecule has 1 aliphatic heterocycles. The van der Waals surface area contributed by atoms with E-state index >= 15 is 0 Å². The highest BCUT2D eigenvalue weighted by atomic mass is 19.3. The third-order valence-corrected chi connectivity index (χ3v) is 4.32. The predicted octanol–water partition coefficient (Wildman–Crippen LogP) is 3.58. The predicted molar refractivity (Wildman–Crippen MR) is 95.5 cm³/mol. The van der Waals surface area contributed by atoms with Crippen LogP contribution in [0.4, 0.5) is 13.6 Å².